The molecule has 0 amide bonds. The number of carboxylic acids is 1. The molecule has 0 radical (unpaired) electrons. The fourth-order valence-corrected chi connectivity index (χ4v) is 1.78. The maximum absolute atomic E-state index is 12.7. The molecule has 0 unspecified atom stereocenters. The van der Waals surface area contributed by atoms with Crippen LogP contribution in [0.3, 0.4) is 0 Å². The van der Waals surface area contributed by atoms with Crippen LogP contribution >= 0.6 is 0 Å². The SMILES string of the molecule is O=C(C=C[NH2+]c1ccc(C(=O)O)c([O-])c1)c1ccc(F)cc1. The largest absolute Gasteiger partial charge is 0.872 e. The minimum absolute atomic E-state index is 0.302. The Morgan fingerprint density at radius 3 is 2.41 bits per heavy atom. The van der Waals surface area contributed by atoms with E-state index in [-0.39, 0.29) is 11.3 Å². The van der Waals surface area contributed by atoms with Crippen molar-refractivity contribution in [3.63, 3.8) is 0 Å². The predicted octanol–water partition coefficient (Wildman–Crippen LogP) is 1.19. The summed E-state index contributed by atoms with van der Waals surface area (Å²) in [4.78, 5) is 22.5. The number of rotatable bonds is 5. The van der Waals surface area contributed by atoms with Gasteiger partial charge in [0, 0.05) is 17.7 Å². The standard InChI is InChI=1S/C16H12FNO4/c17-11-3-1-10(2-4-11)14(19)7-8-18-12-5-6-13(16(21)22)15(20)9-12/h1-9,18,20H,(H,21,22). The lowest BCUT2D eigenvalue weighted by molar-refractivity contribution is -0.496. The van der Waals surface area contributed by atoms with Crippen LogP contribution in [0.5, 0.6) is 5.75 Å². The van der Waals surface area contributed by atoms with E-state index in [9.17, 15) is 19.1 Å². The number of quaternary nitrogens is 1. The van der Waals surface area contributed by atoms with Gasteiger partial charge in [-0.3, -0.25) is 10.1 Å². The summed E-state index contributed by atoms with van der Waals surface area (Å²) >= 11 is 0. The van der Waals surface area contributed by atoms with E-state index in [1.54, 1.807) is 0 Å². The van der Waals surface area contributed by atoms with Gasteiger partial charge < -0.3 is 10.2 Å². The molecule has 0 aromatic heterocycles. The Balaban J connectivity index is 2.03. The van der Waals surface area contributed by atoms with Crippen molar-refractivity contribution in [3.05, 3.63) is 71.7 Å². The van der Waals surface area contributed by atoms with Crippen LogP contribution < -0.4 is 10.4 Å². The van der Waals surface area contributed by atoms with Crippen molar-refractivity contribution in [3.8, 4) is 5.75 Å². The van der Waals surface area contributed by atoms with Crippen molar-refractivity contribution < 1.29 is 29.5 Å². The minimum atomic E-state index is -1.28. The van der Waals surface area contributed by atoms with E-state index in [4.69, 9.17) is 5.11 Å². The van der Waals surface area contributed by atoms with Gasteiger partial charge in [-0.15, -0.1) is 0 Å². The topological polar surface area (TPSA) is 94.0 Å². The molecule has 6 heteroatoms. The highest BCUT2D eigenvalue weighted by molar-refractivity contribution is 6.04. The summed E-state index contributed by atoms with van der Waals surface area (Å²) < 4.78 is 12.7. The molecular formula is C16H12FNO4. The summed E-state index contributed by atoms with van der Waals surface area (Å²) in [7, 11) is 0. The van der Waals surface area contributed by atoms with Crippen molar-refractivity contribution >= 4 is 17.4 Å². The molecule has 2 aromatic rings. The molecule has 2 rings (SSSR count). The maximum atomic E-state index is 12.7. The highest BCUT2D eigenvalue weighted by atomic mass is 19.1. The first-order valence-corrected chi connectivity index (χ1v) is 6.33. The number of allylic oxidation sites excluding steroid dienone is 1. The lowest BCUT2D eigenvalue weighted by Crippen LogP contribution is -2.71. The molecule has 0 aliphatic heterocycles. The van der Waals surface area contributed by atoms with Crippen LogP contribution in [-0.2, 0) is 0 Å². The Kier molecular flexibility index (Phi) is 4.65. The highest BCUT2D eigenvalue weighted by Gasteiger charge is 2.06. The van der Waals surface area contributed by atoms with Crippen LogP contribution in [0, 0.1) is 5.82 Å². The van der Waals surface area contributed by atoms with Gasteiger partial charge in [-0.2, -0.15) is 0 Å². The molecule has 0 saturated heterocycles. The molecule has 5 nitrogen and oxygen atoms in total. The van der Waals surface area contributed by atoms with Gasteiger partial charge in [0.1, 0.15) is 17.7 Å². The smallest absolute Gasteiger partial charge is 0.335 e. The summed E-state index contributed by atoms with van der Waals surface area (Å²) in [5, 5.41) is 21.8. The number of hydrogen-bond donors (Lipinski definition) is 2. The number of halogens is 1. The predicted molar refractivity (Wildman–Crippen MR) is 74.3 cm³/mol. The Hall–Kier alpha value is -2.99. The van der Waals surface area contributed by atoms with Crippen molar-refractivity contribution in [2.75, 3.05) is 0 Å². The third-order valence-corrected chi connectivity index (χ3v) is 2.90. The zero-order chi connectivity index (χ0) is 16.1. The van der Waals surface area contributed by atoms with E-state index in [1.165, 1.54) is 60.1 Å². The molecule has 0 bridgehead atoms. The number of carbonyl (C=O) groups excluding carboxylic acids is 1. The average Bonchev–Trinajstić information content (AvgIpc) is 2.47. The summed E-state index contributed by atoms with van der Waals surface area (Å²) in [5.74, 6) is -2.60. The lowest BCUT2D eigenvalue weighted by atomic mass is 10.1. The van der Waals surface area contributed by atoms with Gasteiger partial charge in [0.05, 0.1) is 5.56 Å². The summed E-state index contributed by atoms with van der Waals surface area (Å²) in [6.07, 6.45) is 2.73. The monoisotopic (exact) mass is 301 g/mol. The van der Waals surface area contributed by atoms with Gasteiger partial charge in [-0.25, -0.2) is 9.18 Å². The van der Waals surface area contributed by atoms with Crippen LogP contribution in [0.2, 0.25) is 0 Å². The first kappa shape index (κ1) is 15.4. The average molecular weight is 301 g/mol. The second kappa shape index (κ2) is 6.64. The van der Waals surface area contributed by atoms with E-state index in [0.717, 1.165) is 0 Å². The molecular weight excluding hydrogens is 289 g/mol. The maximum Gasteiger partial charge on any atom is 0.335 e. The number of hydrogen-bond acceptors (Lipinski definition) is 3. The third-order valence-electron chi connectivity index (χ3n) is 2.90. The van der Waals surface area contributed by atoms with Gasteiger partial charge >= 0.3 is 5.97 Å². The molecule has 0 aliphatic carbocycles. The fourth-order valence-electron chi connectivity index (χ4n) is 1.78. The normalized spacial score (nSPS) is 10.8. The Morgan fingerprint density at radius 1 is 1.14 bits per heavy atom. The van der Waals surface area contributed by atoms with E-state index in [0.29, 0.717) is 11.3 Å². The van der Waals surface area contributed by atoms with Gasteiger partial charge in [0.25, 0.3) is 0 Å². The first-order valence-electron chi connectivity index (χ1n) is 6.33. The molecule has 22 heavy (non-hydrogen) atoms. The van der Waals surface area contributed by atoms with Gasteiger partial charge in [-0.05, 0) is 36.4 Å². The number of nitrogens with two attached hydrogens (primary N) is 1. The van der Waals surface area contributed by atoms with Crippen molar-refractivity contribution in [2.24, 2.45) is 0 Å². The molecule has 2 aromatic carbocycles. The van der Waals surface area contributed by atoms with Crippen molar-refractivity contribution in [1.82, 2.24) is 0 Å². The lowest BCUT2D eigenvalue weighted by Gasteiger charge is -2.09. The van der Waals surface area contributed by atoms with Gasteiger partial charge in [0.15, 0.2) is 5.78 Å². The first-order chi connectivity index (χ1) is 10.5. The molecule has 0 saturated carbocycles. The molecule has 0 spiro atoms. The summed E-state index contributed by atoms with van der Waals surface area (Å²) in [6, 6.07) is 9.00. The van der Waals surface area contributed by atoms with E-state index in [2.05, 4.69) is 0 Å². The van der Waals surface area contributed by atoms with Crippen LogP contribution in [0.1, 0.15) is 20.7 Å². The molecule has 0 fully saturated rings. The van der Waals surface area contributed by atoms with Crippen LogP contribution in [0.4, 0.5) is 10.1 Å². The Labute approximate surface area is 125 Å². The summed E-state index contributed by atoms with van der Waals surface area (Å²) in [5.41, 5.74) is 0.526. The molecule has 3 N–H and O–H groups in total. The molecule has 0 aliphatic rings. The fraction of sp³-hybridized carbons (Fsp3) is 0. The second-order valence-electron chi connectivity index (χ2n) is 4.46. The highest BCUT2D eigenvalue weighted by Crippen LogP contribution is 2.16. The van der Waals surface area contributed by atoms with Crippen LogP contribution in [0.15, 0.2) is 54.7 Å². The zero-order valence-electron chi connectivity index (χ0n) is 11.3. The van der Waals surface area contributed by atoms with E-state index < -0.39 is 17.5 Å². The van der Waals surface area contributed by atoms with E-state index in [1.807, 2.05) is 0 Å². The minimum Gasteiger partial charge on any atom is -0.872 e. The van der Waals surface area contributed by atoms with Gasteiger partial charge in [-0.1, -0.05) is 5.75 Å². The number of aromatic carboxylic acids is 1. The number of ketones is 1. The molecule has 112 valence electrons. The quantitative estimate of drug-likeness (QED) is 0.493. The van der Waals surface area contributed by atoms with E-state index >= 15 is 0 Å². The Morgan fingerprint density at radius 2 is 1.82 bits per heavy atom. The molecule has 0 atom stereocenters. The zero-order valence-corrected chi connectivity index (χ0v) is 11.3. The number of carbonyl (C=O) groups is 2. The number of benzene rings is 2. The molecule has 0 heterocycles. The summed E-state index contributed by atoms with van der Waals surface area (Å²) in [6.45, 7) is 0. The third kappa shape index (κ3) is 3.77. The second-order valence-corrected chi connectivity index (χ2v) is 4.46. The van der Waals surface area contributed by atoms with Crippen molar-refractivity contribution in [2.45, 2.75) is 0 Å². The number of carboxylic acid groups (broad SMARTS) is 1. The Bertz CT molecular complexity index is 738. The van der Waals surface area contributed by atoms with Crippen LogP contribution in [-0.4, -0.2) is 16.9 Å². The van der Waals surface area contributed by atoms with Gasteiger partial charge in [0.2, 0.25) is 0 Å². The van der Waals surface area contributed by atoms with Crippen LogP contribution in [0.25, 0.3) is 0 Å². The van der Waals surface area contributed by atoms with Crippen molar-refractivity contribution in [1.29, 1.82) is 0 Å².